The van der Waals surface area contributed by atoms with E-state index in [-0.39, 0.29) is 22.0 Å². The average molecular weight is 596 g/mol. The smallest absolute Gasteiger partial charge is 0.259 e. The minimum Gasteiger partial charge on any atom is -0.454 e. The van der Waals surface area contributed by atoms with E-state index in [4.69, 9.17) is 9.47 Å². The summed E-state index contributed by atoms with van der Waals surface area (Å²) in [7, 11) is -4.04. The summed E-state index contributed by atoms with van der Waals surface area (Å²) in [6.45, 7) is 2.73. The minimum atomic E-state index is -4.04. The van der Waals surface area contributed by atoms with Gasteiger partial charge in [-0.05, 0) is 67.8 Å². The van der Waals surface area contributed by atoms with Gasteiger partial charge in [-0.2, -0.15) is 4.31 Å². The van der Waals surface area contributed by atoms with Crippen LogP contribution in [0.25, 0.3) is 16.7 Å². The lowest BCUT2D eigenvalue weighted by Gasteiger charge is -2.23. The number of hydrogen-bond acceptors (Lipinski definition) is 7. The first-order valence-corrected chi connectivity index (χ1v) is 15.7. The van der Waals surface area contributed by atoms with E-state index in [0.29, 0.717) is 47.0 Å². The summed E-state index contributed by atoms with van der Waals surface area (Å²) < 4.78 is 42.5. The summed E-state index contributed by atoms with van der Waals surface area (Å²) in [4.78, 5) is 14.7. The van der Waals surface area contributed by atoms with Crippen molar-refractivity contribution in [1.29, 1.82) is 0 Å². The molecule has 1 aromatic heterocycles. The van der Waals surface area contributed by atoms with Gasteiger partial charge in [-0.15, -0.1) is 15.0 Å². The first-order chi connectivity index (χ1) is 20.9. The molecule has 1 N–H and O–H groups in total. The van der Waals surface area contributed by atoms with E-state index in [1.54, 1.807) is 30.3 Å². The molecule has 10 nitrogen and oxygen atoms in total. The maximum Gasteiger partial charge on any atom is 0.259 e. The van der Waals surface area contributed by atoms with E-state index in [1.807, 2.05) is 43.3 Å². The van der Waals surface area contributed by atoms with Crippen molar-refractivity contribution in [2.75, 3.05) is 18.4 Å². The Kier molecular flexibility index (Phi) is 6.83. The van der Waals surface area contributed by atoms with Crippen molar-refractivity contribution < 1.29 is 22.7 Å². The Morgan fingerprint density at radius 3 is 2.26 bits per heavy atom. The number of benzene rings is 4. The molecule has 1 fully saturated rings. The summed E-state index contributed by atoms with van der Waals surface area (Å²) >= 11 is 0. The second kappa shape index (κ2) is 10.8. The van der Waals surface area contributed by atoms with Crippen molar-refractivity contribution in [2.45, 2.75) is 37.5 Å². The third kappa shape index (κ3) is 5.10. The number of ether oxygens (including phenoxy) is 2. The van der Waals surface area contributed by atoms with Crippen LogP contribution < -0.4 is 14.8 Å². The molecule has 0 radical (unpaired) electrons. The van der Waals surface area contributed by atoms with Crippen LogP contribution in [0, 0.1) is 6.92 Å². The van der Waals surface area contributed by atoms with E-state index in [1.165, 1.54) is 21.2 Å². The second-order valence-corrected chi connectivity index (χ2v) is 12.6. The zero-order valence-corrected chi connectivity index (χ0v) is 24.3. The van der Waals surface area contributed by atoms with Gasteiger partial charge in [-0.1, -0.05) is 43.2 Å². The van der Waals surface area contributed by atoms with Gasteiger partial charge in [0.15, 0.2) is 17.2 Å². The molecule has 3 heterocycles. The maximum atomic E-state index is 14.2. The summed E-state index contributed by atoms with van der Waals surface area (Å²) in [5.74, 6) is 0.534. The van der Waals surface area contributed by atoms with Crippen molar-refractivity contribution in [3.63, 3.8) is 0 Å². The van der Waals surface area contributed by atoms with Crippen LogP contribution >= 0.6 is 0 Å². The Balaban J connectivity index is 1.39. The van der Waals surface area contributed by atoms with Crippen molar-refractivity contribution in [2.24, 2.45) is 0 Å². The monoisotopic (exact) mass is 595 g/mol. The Bertz CT molecular complexity index is 1950. The van der Waals surface area contributed by atoms with Gasteiger partial charge in [0.25, 0.3) is 5.91 Å². The summed E-state index contributed by atoms with van der Waals surface area (Å²) in [6, 6.07) is 22.9. The fourth-order valence-electron chi connectivity index (χ4n) is 5.43. The van der Waals surface area contributed by atoms with Gasteiger partial charge < -0.3 is 14.8 Å². The average Bonchev–Trinajstić information content (AvgIpc) is 3.15. The molecule has 0 aliphatic carbocycles. The molecule has 7 rings (SSSR count). The lowest BCUT2D eigenvalue weighted by Crippen LogP contribution is -2.32. The van der Waals surface area contributed by atoms with Crippen LogP contribution in [0.4, 0.5) is 5.69 Å². The fourth-order valence-corrected chi connectivity index (χ4v) is 7.07. The molecule has 5 aromatic rings. The molecular formula is C32H29N5O5S. The number of anilines is 1. The number of hydrogen-bond donors (Lipinski definition) is 1. The number of rotatable bonds is 5. The van der Waals surface area contributed by atoms with Crippen LogP contribution in [-0.2, 0) is 10.0 Å². The van der Waals surface area contributed by atoms with Crippen molar-refractivity contribution >= 4 is 32.7 Å². The predicted molar refractivity (Wildman–Crippen MR) is 162 cm³/mol. The van der Waals surface area contributed by atoms with E-state index in [9.17, 15) is 13.2 Å². The van der Waals surface area contributed by atoms with Crippen LogP contribution in [0.2, 0.25) is 0 Å². The lowest BCUT2D eigenvalue weighted by atomic mass is 10.1. The summed E-state index contributed by atoms with van der Waals surface area (Å²) in [5, 5.41) is 12.1. The second-order valence-electron chi connectivity index (χ2n) is 10.7. The zero-order valence-electron chi connectivity index (χ0n) is 23.5. The van der Waals surface area contributed by atoms with Crippen LogP contribution in [0.1, 0.15) is 41.6 Å². The third-order valence-corrected chi connectivity index (χ3v) is 9.58. The number of sulfonamides is 1. The zero-order chi connectivity index (χ0) is 29.6. The molecule has 0 saturated carbocycles. The first-order valence-electron chi connectivity index (χ1n) is 14.2. The van der Waals surface area contributed by atoms with Gasteiger partial charge in [-0.25, -0.2) is 8.42 Å². The van der Waals surface area contributed by atoms with Crippen LogP contribution in [0.5, 0.6) is 23.0 Å². The molecule has 0 unspecified atom stereocenters. The number of para-hydroxylation sites is 2. The Morgan fingerprint density at radius 2 is 1.51 bits per heavy atom. The van der Waals surface area contributed by atoms with Crippen molar-refractivity contribution in [3.05, 3.63) is 90.0 Å². The highest BCUT2D eigenvalue weighted by molar-refractivity contribution is 7.89. The van der Waals surface area contributed by atoms with Gasteiger partial charge in [0.05, 0.1) is 11.3 Å². The van der Waals surface area contributed by atoms with Crippen LogP contribution in [0.3, 0.4) is 0 Å². The number of carbonyl (C=O) groups excluding carboxylic acids is 1. The molecule has 0 bridgehead atoms. The topological polar surface area (TPSA) is 116 Å². The van der Waals surface area contributed by atoms with Gasteiger partial charge in [-0.3, -0.25) is 4.79 Å². The van der Waals surface area contributed by atoms with E-state index in [2.05, 4.69) is 15.5 Å². The van der Waals surface area contributed by atoms with Crippen molar-refractivity contribution in [1.82, 2.24) is 19.3 Å². The van der Waals surface area contributed by atoms with E-state index >= 15 is 0 Å². The number of fused-ring (bicyclic) bond motifs is 3. The first kappa shape index (κ1) is 27.1. The Hall–Kier alpha value is -4.74. The number of aromatic nitrogens is 3. The fraction of sp³-hybridized carbons (Fsp3) is 0.219. The van der Waals surface area contributed by atoms with Crippen LogP contribution in [-0.4, -0.2) is 46.7 Å². The molecule has 2 aliphatic heterocycles. The van der Waals surface area contributed by atoms with E-state index in [0.717, 1.165) is 31.2 Å². The van der Waals surface area contributed by atoms with Gasteiger partial charge >= 0.3 is 0 Å². The largest absolute Gasteiger partial charge is 0.454 e. The molecule has 1 amide bonds. The third-order valence-electron chi connectivity index (χ3n) is 7.67. The summed E-state index contributed by atoms with van der Waals surface area (Å²) in [6.07, 6.45) is 3.46. The summed E-state index contributed by atoms with van der Waals surface area (Å²) in [5.41, 5.74) is 3.49. The number of carbonyl (C=O) groups is 1. The predicted octanol–water partition coefficient (Wildman–Crippen LogP) is 6.44. The maximum absolute atomic E-state index is 14.2. The Morgan fingerprint density at radius 1 is 0.814 bits per heavy atom. The number of nitrogens with zero attached hydrogens (tertiary/aromatic N) is 4. The van der Waals surface area contributed by atoms with Crippen LogP contribution in [0.15, 0.2) is 83.8 Å². The highest BCUT2D eigenvalue weighted by atomic mass is 32.2. The molecule has 2 aliphatic rings. The highest BCUT2D eigenvalue weighted by Gasteiger charge is 2.33. The molecule has 11 heteroatoms. The normalized spacial score (nSPS) is 15.5. The minimum absolute atomic E-state index is 0.0389. The molecular weight excluding hydrogens is 566 g/mol. The molecule has 218 valence electrons. The SMILES string of the molecule is Cc1ccc(Oc2cc3c(cc2S(=O)(=O)N2CCCCCC2)C(=O)Nc2ccccc2O3)c(-n2nc3ccccc3n2)c1. The Labute approximate surface area is 248 Å². The highest BCUT2D eigenvalue weighted by Crippen LogP contribution is 2.43. The molecule has 4 aromatic carbocycles. The van der Waals surface area contributed by atoms with Gasteiger partial charge in [0.2, 0.25) is 10.0 Å². The molecule has 1 saturated heterocycles. The number of amides is 1. The molecule has 0 spiro atoms. The standard InChI is InChI=1S/C32H29N5O5S/c1-21-14-15-28(26(18-21)37-34-23-10-4-5-11-24(23)35-37)42-30-20-29-22(32(38)33-25-12-6-7-13-27(25)41-29)19-31(30)43(39,40)36-16-8-2-3-9-17-36/h4-7,10-15,18-20H,2-3,8-9,16-17H2,1H3,(H,33,38). The lowest BCUT2D eigenvalue weighted by molar-refractivity contribution is 0.102. The number of aryl methyl sites for hydroxylation is 1. The van der Waals surface area contributed by atoms with Crippen molar-refractivity contribution in [3.8, 4) is 28.7 Å². The molecule has 43 heavy (non-hydrogen) atoms. The van der Waals surface area contributed by atoms with Gasteiger partial charge in [0, 0.05) is 19.2 Å². The molecule has 0 atom stereocenters. The number of nitrogens with one attached hydrogen (secondary N) is 1. The van der Waals surface area contributed by atoms with Gasteiger partial charge in [0.1, 0.15) is 27.4 Å². The van der Waals surface area contributed by atoms with E-state index < -0.39 is 15.9 Å². The quantitative estimate of drug-likeness (QED) is 0.248.